The minimum absolute atomic E-state index is 0.0310. The number of rotatable bonds is 10. The Morgan fingerprint density at radius 3 is 2.32 bits per heavy atom. The van der Waals surface area contributed by atoms with Crippen molar-refractivity contribution < 1.29 is 9.90 Å². The van der Waals surface area contributed by atoms with Crippen LogP contribution >= 0.6 is 0 Å². The van der Waals surface area contributed by atoms with Crippen LogP contribution in [-0.4, -0.2) is 17.6 Å². The average molecular weight is 263 g/mol. The van der Waals surface area contributed by atoms with E-state index < -0.39 is 5.97 Å². The zero-order valence-corrected chi connectivity index (χ0v) is 11.8. The van der Waals surface area contributed by atoms with Gasteiger partial charge in [0, 0.05) is 5.69 Å². The van der Waals surface area contributed by atoms with Gasteiger partial charge in [-0.2, -0.15) is 0 Å². The van der Waals surface area contributed by atoms with Gasteiger partial charge in [-0.05, 0) is 30.5 Å². The molecule has 0 radical (unpaired) electrons. The summed E-state index contributed by atoms with van der Waals surface area (Å²) in [6, 6.07) is 8.07. The summed E-state index contributed by atoms with van der Waals surface area (Å²) in [6.45, 7) is 2.21. The van der Waals surface area contributed by atoms with Crippen LogP contribution < -0.4 is 5.32 Å². The van der Waals surface area contributed by atoms with Gasteiger partial charge in [0.05, 0.1) is 0 Å². The minimum atomic E-state index is -0.837. The van der Waals surface area contributed by atoms with Gasteiger partial charge in [-0.3, -0.25) is 4.79 Å². The van der Waals surface area contributed by atoms with Crippen LogP contribution in [-0.2, 0) is 11.2 Å². The molecule has 1 aromatic carbocycles. The van der Waals surface area contributed by atoms with Crippen molar-refractivity contribution in [3.63, 3.8) is 0 Å². The Balaban J connectivity index is 2.19. The highest BCUT2D eigenvalue weighted by Gasteiger charge is 1.98. The van der Waals surface area contributed by atoms with Crippen LogP contribution in [0, 0.1) is 0 Å². The van der Waals surface area contributed by atoms with Crippen molar-refractivity contribution >= 4 is 11.7 Å². The van der Waals surface area contributed by atoms with E-state index in [0.717, 1.165) is 12.1 Å². The first kappa shape index (κ1) is 15.5. The zero-order chi connectivity index (χ0) is 13.9. The standard InChI is InChI=1S/C16H25NO2/c1-2-3-4-5-6-7-8-14-9-11-15(12-10-14)17-13-16(18)19/h9-12,17H,2-8,13H2,1H3,(H,18,19). The molecule has 0 heterocycles. The molecular formula is C16H25NO2. The lowest BCUT2D eigenvalue weighted by Gasteiger charge is -2.05. The Labute approximate surface area is 116 Å². The van der Waals surface area contributed by atoms with Gasteiger partial charge in [-0.15, -0.1) is 0 Å². The normalized spacial score (nSPS) is 10.4. The highest BCUT2D eigenvalue weighted by Crippen LogP contribution is 2.13. The number of benzene rings is 1. The van der Waals surface area contributed by atoms with Crippen molar-refractivity contribution in [2.45, 2.75) is 51.9 Å². The van der Waals surface area contributed by atoms with Crippen LogP contribution in [0.5, 0.6) is 0 Å². The second-order valence-corrected chi connectivity index (χ2v) is 4.96. The van der Waals surface area contributed by atoms with Crippen LogP contribution in [0.25, 0.3) is 0 Å². The maximum atomic E-state index is 10.4. The summed E-state index contributed by atoms with van der Waals surface area (Å²) in [5.74, 6) is -0.837. The maximum absolute atomic E-state index is 10.4. The third-order valence-corrected chi connectivity index (χ3v) is 3.22. The SMILES string of the molecule is CCCCCCCCc1ccc(NCC(=O)O)cc1. The van der Waals surface area contributed by atoms with Crippen LogP contribution in [0.3, 0.4) is 0 Å². The Morgan fingerprint density at radius 2 is 1.68 bits per heavy atom. The molecule has 0 saturated heterocycles. The number of anilines is 1. The predicted molar refractivity (Wildman–Crippen MR) is 79.6 cm³/mol. The van der Waals surface area contributed by atoms with E-state index in [1.807, 2.05) is 12.1 Å². The fourth-order valence-corrected chi connectivity index (χ4v) is 2.08. The summed E-state index contributed by atoms with van der Waals surface area (Å²) in [4.78, 5) is 10.4. The highest BCUT2D eigenvalue weighted by molar-refractivity contribution is 5.72. The van der Waals surface area contributed by atoms with Crippen molar-refractivity contribution in [2.75, 3.05) is 11.9 Å². The zero-order valence-electron chi connectivity index (χ0n) is 11.8. The van der Waals surface area contributed by atoms with Gasteiger partial charge in [0.2, 0.25) is 0 Å². The summed E-state index contributed by atoms with van der Waals surface area (Å²) in [7, 11) is 0. The van der Waals surface area contributed by atoms with Gasteiger partial charge in [-0.1, -0.05) is 51.2 Å². The van der Waals surface area contributed by atoms with Crippen LogP contribution in [0.4, 0.5) is 5.69 Å². The van der Waals surface area contributed by atoms with E-state index in [1.54, 1.807) is 0 Å². The fourth-order valence-electron chi connectivity index (χ4n) is 2.08. The second-order valence-electron chi connectivity index (χ2n) is 4.96. The molecule has 0 fully saturated rings. The third kappa shape index (κ3) is 7.50. The molecule has 0 aliphatic heterocycles. The van der Waals surface area contributed by atoms with Crippen LogP contribution in [0.1, 0.15) is 51.0 Å². The molecule has 19 heavy (non-hydrogen) atoms. The van der Waals surface area contributed by atoms with E-state index >= 15 is 0 Å². The lowest BCUT2D eigenvalue weighted by atomic mass is 10.0. The number of nitrogens with one attached hydrogen (secondary N) is 1. The molecule has 106 valence electrons. The molecule has 0 bridgehead atoms. The topological polar surface area (TPSA) is 49.3 Å². The van der Waals surface area contributed by atoms with Gasteiger partial charge in [-0.25, -0.2) is 0 Å². The number of carbonyl (C=O) groups is 1. The Bertz CT molecular complexity index is 360. The van der Waals surface area contributed by atoms with Gasteiger partial charge in [0.1, 0.15) is 6.54 Å². The average Bonchev–Trinajstić information content (AvgIpc) is 2.41. The Morgan fingerprint density at radius 1 is 1.05 bits per heavy atom. The fraction of sp³-hybridized carbons (Fsp3) is 0.562. The minimum Gasteiger partial charge on any atom is -0.480 e. The van der Waals surface area contributed by atoms with Crippen molar-refractivity contribution in [1.29, 1.82) is 0 Å². The Kier molecular flexibility index (Phi) is 7.71. The molecule has 1 rings (SSSR count). The van der Waals surface area contributed by atoms with E-state index in [2.05, 4.69) is 24.4 Å². The quantitative estimate of drug-likeness (QED) is 0.625. The molecule has 0 spiro atoms. The number of aryl methyl sites for hydroxylation is 1. The first-order valence-electron chi connectivity index (χ1n) is 7.27. The molecule has 0 saturated carbocycles. The summed E-state index contributed by atoms with van der Waals surface area (Å²) in [6.07, 6.45) is 9.01. The molecule has 0 amide bonds. The molecule has 0 aliphatic rings. The van der Waals surface area contributed by atoms with Crippen molar-refractivity contribution in [1.82, 2.24) is 0 Å². The van der Waals surface area contributed by atoms with Gasteiger partial charge in [0.25, 0.3) is 0 Å². The number of carboxylic acids is 1. The summed E-state index contributed by atoms with van der Waals surface area (Å²) in [5.41, 5.74) is 2.20. The predicted octanol–water partition coefficient (Wildman–Crippen LogP) is 4.09. The van der Waals surface area contributed by atoms with Gasteiger partial charge < -0.3 is 10.4 Å². The van der Waals surface area contributed by atoms with Crippen LogP contribution in [0.15, 0.2) is 24.3 Å². The third-order valence-electron chi connectivity index (χ3n) is 3.22. The molecule has 0 atom stereocenters. The van der Waals surface area contributed by atoms with Crippen molar-refractivity contribution in [2.24, 2.45) is 0 Å². The summed E-state index contributed by atoms with van der Waals surface area (Å²) in [5, 5.41) is 11.4. The lowest BCUT2D eigenvalue weighted by molar-refractivity contribution is -0.134. The highest BCUT2D eigenvalue weighted by atomic mass is 16.4. The Hall–Kier alpha value is -1.51. The van der Waals surface area contributed by atoms with E-state index in [1.165, 1.54) is 44.1 Å². The molecule has 3 nitrogen and oxygen atoms in total. The molecular weight excluding hydrogens is 238 g/mol. The number of hydrogen-bond acceptors (Lipinski definition) is 2. The van der Waals surface area contributed by atoms with Gasteiger partial charge in [0.15, 0.2) is 0 Å². The number of carboxylic acid groups (broad SMARTS) is 1. The first-order valence-corrected chi connectivity index (χ1v) is 7.27. The molecule has 1 aromatic rings. The number of aliphatic carboxylic acids is 1. The lowest BCUT2D eigenvalue weighted by Crippen LogP contribution is -2.12. The monoisotopic (exact) mass is 263 g/mol. The molecule has 0 unspecified atom stereocenters. The smallest absolute Gasteiger partial charge is 0.322 e. The van der Waals surface area contributed by atoms with Crippen molar-refractivity contribution in [3.05, 3.63) is 29.8 Å². The van der Waals surface area contributed by atoms with E-state index in [0.29, 0.717) is 0 Å². The van der Waals surface area contributed by atoms with Gasteiger partial charge >= 0.3 is 5.97 Å². The van der Waals surface area contributed by atoms with E-state index in [-0.39, 0.29) is 6.54 Å². The summed E-state index contributed by atoms with van der Waals surface area (Å²) >= 11 is 0. The molecule has 2 N–H and O–H groups in total. The molecule has 0 aromatic heterocycles. The molecule has 0 aliphatic carbocycles. The largest absolute Gasteiger partial charge is 0.480 e. The summed E-state index contributed by atoms with van der Waals surface area (Å²) < 4.78 is 0. The first-order chi connectivity index (χ1) is 9.22. The maximum Gasteiger partial charge on any atom is 0.322 e. The van der Waals surface area contributed by atoms with E-state index in [4.69, 9.17) is 5.11 Å². The van der Waals surface area contributed by atoms with Crippen LogP contribution in [0.2, 0.25) is 0 Å². The number of hydrogen-bond donors (Lipinski definition) is 2. The van der Waals surface area contributed by atoms with E-state index in [9.17, 15) is 4.79 Å². The van der Waals surface area contributed by atoms with Crippen molar-refractivity contribution in [3.8, 4) is 0 Å². The second kappa shape index (κ2) is 9.42. The number of unbranched alkanes of at least 4 members (excludes halogenated alkanes) is 5. The molecule has 3 heteroatoms.